The molecule has 0 aromatic rings. The molecule has 1 saturated carbocycles. The van der Waals surface area contributed by atoms with Gasteiger partial charge in [-0.2, -0.15) is 0 Å². The van der Waals surface area contributed by atoms with Crippen molar-refractivity contribution in [2.45, 2.75) is 63.8 Å². The van der Waals surface area contributed by atoms with Crippen LogP contribution in [0, 0.1) is 5.92 Å². The summed E-state index contributed by atoms with van der Waals surface area (Å²) in [6.07, 6.45) is 8.20. The smallest absolute Gasteiger partial charge is 0.326 e. The van der Waals surface area contributed by atoms with Gasteiger partial charge in [-0.25, -0.2) is 4.79 Å². The third kappa shape index (κ3) is 3.58. The molecule has 1 unspecified atom stereocenters. The quantitative estimate of drug-likeness (QED) is 0.782. The summed E-state index contributed by atoms with van der Waals surface area (Å²) in [5.74, 6) is -1.44. The number of hydrogen-bond donors (Lipinski definition) is 1. The Labute approximate surface area is 119 Å². The number of hydrogen-bond acceptors (Lipinski definition) is 3. The van der Waals surface area contributed by atoms with Gasteiger partial charge in [0.05, 0.1) is 0 Å². The summed E-state index contributed by atoms with van der Waals surface area (Å²) in [5.41, 5.74) is 0. The van der Waals surface area contributed by atoms with Crippen molar-refractivity contribution in [2.24, 2.45) is 5.92 Å². The normalized spacial score (nSPS) is 23.8. The van der Waals surface area contributed by atoms with Crippen LogP contribution in [0.2, 0.25) is 0 Å². The van der Waals surface area contributed by atoms with Gasteiger partial charge in [-0.15, -0.1) is 0 Å². The summed E-state index contributed by atoms with van der Waals surface area (Å²) in [5, 5.41) is 9.04. The molecule has 0 radical (unpaired) electrons. The van der Waals surface area contributed by atoms with E-state index in [-0.39, 0.29) is 6.42 Å². The molecule has 1 atom stereocenters. The molecule has 1 amide bonds. The van der Waals surface area contributed by atoms with Crippen LogP contribution < -0.4 is 0 Å². The molecule has 2 fully saturated rings. The Kier molecular flexibility index (Phi) is 5.15. The summed E-state index contributed by atoms with van der Waals surface area (Å²) in [7, 11) is 0. The number of carbonyl (C=O) groups is 3. The fourth-order valence-corrected chi connectivity index (χ4v) is 3.34. The molecule has 0 aromatic carbocycles. The maximum atomic E-state index is 12.0. The number of nitrogens with zero attached hydrogens (tertiary/aromatic N) is 1. The molecule has 1 aliphatic carbocycles. The van der Waals surface area contributed by atoms with E-state index in [1.165, 1.54) is 24.2 Å². The van der Waals surface area contributed by atoms with Crippen LogP contribution in [-0.4, -0.2) is 40.3 Å². The van der Waals surface area contributed by atoms with Crippen LogP contribution in [-0.2, 0) is 14.4 Å². The lowest BCUT2D eigenvalue weighted by Gasteiger charge is -2.23. The molecule has 5 nitrogen and oxygen atoms in total. The second kappa shape index (κ2) is 6.86. The monoisotopic (exact) mass is 281 g/mol. The number of ketones is 1. The molecule has 2 rings (SSSR count). The number of aliphatic carboxylic acids is 1. The van der Waals surface area contributed by atoms with Crippen molar-refractivity contribution in [3.8, 4) is 0 Å². The zero-order valence-corrected chi connectivity index (χ0v) is 11.8. The first-order valence-electron chi connectivity index (χ1n) is 7.66. The van der Waals surface area contributed by atoms with Crippen LogP contribution in [0.5, 0.6) is 0 Å². The van der Waals surface area contributed by atoms with Crippen LogP contribution in [0.25, 0.3) is 0 Å². The van der Waals surface area contributed by atoms with E-state index in [4.69, 9.17) is 5.11 Å². The second-order valence-corrected chi connectivity index (χ2v) is 5.96. The Morgan fingerprint density at radius 2 is 1.70 bits per heavy atom. The molecule has 0 spiro atoms. The Morgan fingerprint density at radius 3 is 2.35 bits per heavy atom. The van der Waals surface area contributed by atoms with Gasteiger partial charge in [0, 0.05) is 13.0 Å². The Balaban J connectivity index is 1.82. The lowest BCUT2D eigenvalue weighted by Crippen LogP contribution is -2.43. The summed E-state index contributed by atoms with van der Waals surface area (Å²) in [6.45, 7) is 0.394. The molecule has 20 heavy (non-hydrogen) atoms. The molecule has 1 aliphatic heterocycles. The van der Waals surface area contributed by atoms with E-state index < -0.39 is 23.7 Å². The number of amides is 1. The highest BCUT2D eigenvalue weighted by Crippen LogP contribution is 2.27. The highest BCUT2D eigenvalue weighted by Gasteiger charge is 2.36. The number of carbonyl (C=O) groups excluding carboxylic acids is 2. The zero-order chi connectivity index (χ0) is 14.5. The van der Waals surface area contributed by atoms with E-state index in [0.29, 0.717) is 25.3 Å². The molecule has 5 heteroatoms. The van der Waals surface area contributed by atoms with Crippen molar-refractivity contribution >= 4 is 17.7 Å². The van der Waals surface area contributed by atoms with E-state index in [2.05, 4.69) is 0 Å². The SMILES string of the molecule is O=C(CCC1CCCCC1)C(=O)N1CCCC1C(=O)O. The summed E-state index contributed by atoms with van der Waals surface area (Å²) in [4.78, 5) is 36.3. The molecule has 2 aliphatic rings. The molecular formula is C15H23NO4. The molecule has 0 bridgehead atoms. The van der Waals surface area contributed by atoms with Crippen molar-refractivity contribution in [3.63, 3.8) is 0 Å². The van der Waals surface area contributed by atoms with Gasteiger partial charge < -0.3 is 10.0 Å². The predicted molar refractivity (Wildman–Crippen MR) is 73.2 cm³/mol. The van der Waals surface area contributed by atoms with Gasteiger partial charge in [0.1, 0.15) is 6.04 Å². The maximum absolute atomic E-state index is 12.0. The van der Waals surface area contributed by atoms with Gasteiger partial charge in [0.2, 0.25) is 5.78 Å². The van der Waals surface area contributed by atoms with Crippen molar-refractivity contribution in [3.05, 3.63) is 0 Å². The highest BCUT2D eigenvalue weighted by molar-refractivity contribution is 6.36. The Hall–Kier alpha value is -1.39. The van der Waals surface area contributed by atoms with Gasteiger partial charge in [0.25, 0.3) is 5.91 Å². The van der Waals surface area contributed by atoms with Gasteiger partial charge in [-0.1, -0.05) is 32.1 Å². The van der Waals surface area contributed by atoms with Crippen LogP contribution in [0.15, 0.2) is 0 Å². The first kappa shape index (κ1) is 15.0. The number of carboxylic acids is 1. The van der Waals surface area contributed by atoms with E-state index in [1.54, 1.807) is 0 Å². The Bertz CT molecular complexity index is 387. The van der Waals surface area contributed by atoms with Gasteiger partial charge >= 0.3 is 5.97 Å². The van der Waals surface area contributed by atoms with Crippen LogP contribution >= 0.6 is 0 Å². The van der Waals surface area contributed by atoms with E-state index in [0.717, 1.165) is 19.3 Å². The molecule has 1 N–H and O–H groups in total. The number of carboxylic acid groups (broad SMARTS) is 1. The largest absolute Gasteiger partial charge is 0.480 e. The number of likely N-dealkylation sites (tertiary alicyclic amines) is 1. The molecule has 1 heterocycles. The van der Waals surface area contributed by atoms with Crippen LogP contribution in [0.3, 0.4) is 0 Å². The minimum atomic E-state index is -1.00. The second-order valence-electron chi connectivity index (χ2n) is 5.96. The predicted octanol–water partition coefficient (Wildman–Crippen LogP) is 1.99. The van der Waals surface area contributed by atoms with E-state index in [9.17, 15) is 14.4 Å². The van der Waals surface area contributed by atoms with Crippen molar-refractivity contribution in [2.75, 3.05) is 6.54 Å². The minimum absolute atomic E-state index is 0.270. The van der Waals surface area contributed by atoms with Gasteiger partial charge in [0.15, 0.2) is 0 Å². The third-order valence-electron chi connectivity index (χ3n) is 4.54. The topological polar surface area (TPSA) is 74.7 Å². The first-order chi connectivity index (χ1) is 9.59. The summed E-state index contributed by atoms with van der Waals surface area (Å²) < 4.78 is 0. The minimum Gasteiger partial charge on any atom is -0.480 e. The molecule has 0 aromatic heterocycles. The summed E-state index contributed by atoms with van der Waals surface area (Å²) >= 11 is 0. The molecular weight excluding hydrogens is 258 g/mol. The fraction of sp³-hybridized carbons (Fsp3) is 0.800. The lowest BCUT2D eigenvalue weighted by atomic mass is 9.85. The van der Waals surface area contributed by atoms with Crippen molar-refractivity contribution in [1.29, 1.82) is 0 Å². The average Bonchev–Trinajstić information content (AvgIpc) is 2.94. The zero-order valence-electron chi connectivity index (χ0n) is 11.8. The standard InChI is InChI=1S/C15H23NO4/c17-13(9-8-11-5-2-1-3-6-11)14(18)16-10-4-7-12(16)15(19)20/h11-12H,1-10H2,(H,19,20). The first-order valence-corrected chi connectivity index (χ1v) is 7.66. The summed E-state index contributed by atoms with van der Waals surface area (Å²) in [6, 6.07) is -0.805. The van der Waals surface area contributed by atoms with E-state index >= 15 is 0 Å². The van der Waals surface area contributed by atoms with Gasteiger partial charge in [-0.05, 0) is 25.2 Å². The average molecular weight is 281 g/mol. The maximum Gasteiger partial charge on any atom is 0.326 e. The van der Waals surface area contributed by atoms with Crippen molar-refractivity contribution in [1.82, 2.24) is 4.90 Å². The highest BCUT2D eigenvalue weighted by atomic mass is 16.4. The van der Waals surface area contributed by atoms with E-state index in [1.807, 2.05) is 0 Å². The number of rotatable bonds is 5. The third-order valence-corrected chi connectivity index (χ3v) is 4.54. The van der Waals surface area contributed by atoms with Crippen LogP contribution in [0.4, 0.5) is 0 Å². The van der Waals surface area contributed by atoms with Crippen molar-refractivity contribution < 1.29 is 19.5 Å². The van der Waals surface area contributed by atoms with Crippen LogP contribution in [0.1, 0.15) is 57.8 Å². The fourth-order valence-electron chi connectivity index (χ4n) is 3.34. The van der Waals surface area contributed by atoms with Gasteiger partial charge in [-0.3, -0.25) is 9.59 Å². The molecule has 1 saturated heterocycles. The lowest BCUT2D eigenvalue weighted by molar-refractivity contribution is -0.152. The molecule has 112 valence electrons. The Morgan fingerprint density at radius 1 is 1.00 bits per heavy atom. The number of Topliss-reactive ketones (excluding diaryl/α,β-unsaturated/α-hetero) is 1.